The summed E-state index contributed by atoms with van der Waals surface area (Å²) in [4.78, 5) is -0.0171. The Balaban J connectivity index is 2.39. The van der Waals surface area contributed by atoms with Gasteiger partial charge in [-0.3, -0.25) is 0 Å². The molecule has 0 amide bonds. The molecule has 4 nitrogen and oxygen atoms in total. The highest BCUT2D eigenvalue weighted by atomic mass is 35.5. The van der Waals surface area contributed by atoms with Crippen LogP contribution in [0.4, 0.5) is 4.39 Å². The fourth-order valence-corrected chi connectivity index (χ4v) is 4.27. The summed E-state index contributed by atoms with van der Waals surface area (Å²) >= 11 is 5.88. The summed E-state index contributed by atoms with van der Waals surface area (Å²) in [6.45, 7) is 1.31. The van der Waals surface area contributed by atoms with Crippen molar-refractivity contribution < 1.29 is 12.8 Å². The third-order valence-electron chi connectivity index (χ3n) is 3.65. The van der Waals surface area contributed by atoms with Crippen molar-refractivity contribution >= 4 is 21.6 Å². The van der Waals surface area contributed by atoms with Gasteiger partial charge in [-0.05, 0) is 37.6 Å². The van der Waals surface area contributed by atoms with Gasteiger partial charge < -0.3 is 5.32 Å². The molecule has 21 heavy (non-hydrogen) atoms. The van der Waals surface area contributed by atoms with Crippen molar-refractivity contribution in [2.75, 3.05) is 20.1 Å². The molecule has 0 atom stereocenters. The van der Waals surface area contributed by atoms with Crippen LogP contribution in [0.25, 0.3) is 0 Å². The van der Waals surface area contributed by atoms with Crippen molar-refractivity contribution in [3.8, 4) is 0 Å². The SMILES string of the molecule is CNCc1cc(S(=O)(=O)N2CCCCCC2)cc(F)c1Cl. The van der Waals surface area contributed by atoms with Crippen molar-refractivity contribution in [3.05, 3.63) is 28.5 Å². The number of sulfonamides is 1. The molecule has 0 aliphatic carbocycles. The van der Waals surface area contributed by atoms with Gasteiger partial charge in [0, 0.05) is 19.6 Å². The largest absolute Gasteiger partial charge is 0.316 e. The Labute approximate surface area is 130 Å². The Bertz CT molecular complexity index is 599. The molecule has 1 saturated heterocycles. The van der Waals surface area contributed by atoms with Gasteiger partial charge in [0.25, 0.3) is 0 Å². The molecular formula is C14H20ClFN2O2S. The molecule has 0 aromatic heterocycles. The highest BCUT2D eigenvalue weighted by Crippen LogP contribution is 2.27. The van der Waals surface area contributed by atoms with E-state index < -0.39 is 15.8 Å². The summed E-state index contributed by atoms with van der Waals surface area (Å²) in [7, 11) is -1.96. The van der Waals surface area contributed by atoms with Gasteiger partial charge in [-0.1, -0.05) is 24.4 Å². The highest BCUT2D eigenvalue weighted by molar-refractivity contribution is 7.89. The Hall–Kier alpha value is -0.690. The molecule has 0 unspecified atom stereocenters. The van der Waals surface area contributed by atoms with E-state index in [2.05, 4.69) is 5.32 Å². The second-order valence-electron chi connectivity index (χ2n) is 5.23. The normalized spacial score (nSPS) is 17.7. The van der Waals surface area contributed by atoms with E-state index >= 15 is 0 Å². The maximum absolute atomic E-state index is 13.9. The second-order valence-corrected chi connectivity index (χ2v) is 7.54. The quantitative estimate of drug-likeness (QED) is 0.921. The van der Waals surface area contributed by atoms with Gasteiger partial charge in [0.05, 0.1) is 9.92 Å². The summed E-state index contributed by atoms with van der Waals surface area (Å²) in [5.41, 5.74) is 0.451. The molecule has 7 heteroatoms. The molecular weight excluding hydrogens is 315 g/mol. The molecule has 118 valence electrons. The predicted octanol–water partition coefficient (Wildman–Crippen LogP) is 2.76. The third-order valence-corrected chi connectivity index (χ3v) is 5.95. The zero-order chi connectivity index (χ0) is 15.5. The van der Waals surface area contributed by atoms with Gasteiger partial charge >= 0.3 is 0 Å². The van der Waals surface area contributed by atoms with Crippen molar-refractivity contribution in [1.82, 2.24) is 9.62 Å². The van der Waals surface area contributed by atoms with E-state index in [4.69, 9.17) is 11.6 Å². The predicted molar refractivity (Wildman–Crippen MR) is 81.4 cm³/mol. The first-order chi connectivity index (χ1) is 9.96. The molecule has 1 aromatic rings. The molecule has 1 aromatic carbocycles. The van der Waals surface area contributed by atoms with Crippen molar-refractivity contribution in [3.63, 3.8) is 0 Å². The molecule has 0 radical (unpaired) electrons. The molecule has 0 spiro atoms. The minimum atomic E-state index is -3.66. The van der Waals surface area contributed by atoms with Gasteiger partial charge in [-0.2, -0.15) is 4.31 Å². The zero-order valence-electron chi connectivity index (χ0n) is 12.0. The molecule has 1 aliphatic heterocycles. The van der Waals surface area contributed by atoms with E-state index in [0.29, 0.717) is 25.2 Å². The van der Waals surface area contributed by atoms with Crippen LogP contribution in [0.3, 0.4) is 0 Å². The summed E-state index contributed by atoms with van der Waals surface area (Å²) in [6.07, 6.45) is 3.76. The van der Waals surface area contributed by atoms with E-state index in [1.165, 1.54) is 10.4 Å². The first kappa shape index (κ1) is 16.7. The number of nitrogens with zero attached hydrogens (tertiary/aromatic N) is 1. The third kappa shape index (κ3) is 3.74. The molecule has 0 bridgehead atoms. The van der Waals surface area contributed by atoms with Gasteiger partial charge in [-0.15, -0.1) is 0 Å². The maximum atomic E-state index is 13.9. The van der Waals surface area contributed by atoms with Crippen LogP contribution in [0.15, 0.2) is 17.0 Å². The number of nitrogens with one attached hydrogen (secondary N) is 1. The fraction of sp³-hybridized carbons (Fsp3) is 0.571. The van der Waals surface area contributed by atoms with Crippen molar-refractivity contribution in [2.24, 2.45) is 0 Å². The molecule has 2 rings (SSSR count). The summed E-state index contributed by atoms with van der Waals surface area (Å²) in [5, 5.41) is 2.83. The number of hydrogen-bond acceptors (Lipinski definition) is 3. The van der Waals surface area contributed by atoms with Crippen LogP contribution in [0, 0.1) is 5.82 Å². The molecule has 1 heterocycles. The Morgan fingerprint density at radius 1 is 1.24 bits per heavy atom. The van der Waals surface area contributed by atoms with Crippen molar-refractivity contribution in [1.29, 1.82) is 0 Å². The first-order valence-electron chi connectivity index (χ1n) is 7.09. The highest BCUT2D eigenvalue weighted by Gasteiger charge is 2.26. The lowest BCUT2D eigenvalue weighted by molar-refractivity contribution is 0.423. The summed E-state index contributed by atoms with van der Waals surface area (Å²) < 4.78 is 40.7. The fourth-order valence-electron chi connectivity index (χ4n) is 2.52. The van der Waals surface area contributed by atoms with Crippen LogP contribution < -0.4 is 5.32 Å². The Morgan fingerprint density at radius 2 is 1.86 bits per heavy atom. The average molecular weight is 335 g/mol. The van der Waals surface area contributed by atoms with E-state index in [1.807, 2.05) is 0 Å². The topological polar surface area (TPSA) is 49.4 Å². The van der Waals surface area contributed by atoms with E-state index in [0.717, 1.165) is 31.7 Å². The molecule has 1 N–H and O–H groups in total. The van der Waals surface area contributed by atoms with E-state index in [-0.39, 0.29) is 9.92 Å². The number of benzene rings is 1. The van der Waals surface area contributed by atoms with Crippen LogP contribution >= 0.6 is 11.6 Å². The number of hydrogen-bond donors (Lipinski definition) is 1. The second kappa shape index (κ2) is 7.05. The van der Waals surface area contributed by atoms with E-state index in [1.54, 1.807) is 7.05 Å². The molecule has 0 saturated carbocycles. The van der Waals surface area contributed by atoms with Gasteiger partial charge in [-0.25, -0.2) is 12.8 Å². The van der Waals surface area contributed by atoms with Crippen LogP contribution in [0.5, 0.6) is 0 Å². The Morgan fingerprint density at radius 3 is 2.43 bits per heavy atom. The van der Waals surface area contributed by atoms with Crippen molar-refractivity contribution in [2.45, 2.75) is 37.1 Å². The zero-order valence-corrected chi connectivity index (χ0v) is 13.6. The smallest absolute Gasteiger partial charge is 0.243 e. The van der Waals surface area contributed by atoms with Crippen LogP contribution in [-0.4, -0.2) is 32.9 Å². The number of rotatable bonds is 4. The minimum Gasteiger partial charge on any atom is -0.316 e. The van der Waals surface area contributed by atoms with Gasteiger partial charge in [0.15, 0.2) is 0 Å². The average Bonchev–Trinajstić information content (AvgIpc) is 2.73. The van der Waals surface area contributed by atoms with E-state index in [9.17, 15) is 12.8 Å². The monoisotopic (exact) mass is 334 g/mol. The Kier molecular flexibility index (Phi) is 5.60. The summed E-state index contributed by atoms with van der Waals surface area (Å²) in [6, 6.07) is 2.48. The maximum Gasteiger partial charge on any atom is 0.243 e. The lowest BCUT2D eigenvalue weighted by atomic mass is 10.2. The van der Waals surface area contributed by atoms with Crippen LogP contribution in [-0.2, 0) is 16.6 Å². The van der Waals surface area contributed by atoms with Crippen LogP contribution in [0.1, 0.15) is 31.2 Å². The molecule has 1 fully saturated rings. The standard InChI is InChI=1S/C14H20ClFN2O2S/c1-17-10-11-8-12(9-13(16)14(11)15)21(19,20)18-6-4-2-3-5-7-18/h8-9,17H,2-7,10H2,1H3. The van der Waals surface area contributed by atoms with Crippen LogP contribution in [0.2, 0.25) is 5.02 Å². The lowest BCUT2D eigenvalue weighted by Crippen LogP contribution is -2.32. The minimum absolute atomic E-state index is 0.0171. The number of halogens is 2. The lowest BCUT2D eigenvalue weighted by Gasteiger charge is -2.20. The first-order valence-corrected chi connectivity index (χ1v) is 8.91. The van der Waals surface area contributed by atoms with Gasteiger partial charge in [0.2, 0.25) is 10.0 Å². The summed E-state index contributed by atoms with van der Waals surface area (Å²) in [5.74, 6) is -0.696. The van der Waals surface area contributed by atoms with Gasteiger partial charge in [0.1, 0.15) is 5.82 Å². The molecule has 1 aliphatic rings.